The van der Waals surface area contributed by atoms with Crippen molar-refractivity contribution >= 4 is 33.5 Å². The maximum Gasteiger partial charge on any atom is 0.330 e. The number of aromatic nitrogens is 2. The van der Waals surface area contributed by atoms with Crippen LogP contribution in [0.3, 0.4) is 0 Å². The van der Waals surface area contributed by atoms with Crippen LogP contribution in [-0.4, -0.2) is 37.4 Å². The number of nitrogens with zero attached hydrogens (tertiary/aromatic N) is 3. The van der Waals surface area contributed by atoms with Crippen LogP contribution in [0.1, 0.15) is 54.4 Å². The van der Waals surface area contributed by atoms with Crippen molar-refractivity contribution < 1.29 is 22.7 Å². The largest absolute Gasteiger partial charge is 0.466 e. The van der Waals surface area contributed by atoms with Crippen LogP contribution in [-0.2, 0) is 36.5 Å². The zero-order chi connectivity index (χ0) is 27.8. The quantitative estimate of drug-likeness (QED) is 0.272. The van der Waals surface area contributed by atoms with Gasteiger partial charge in [0.25, 0.3) is 0 Å². The van der Waals surface area contributed by atoms with Gasteiger partial charge < -0.3 is 9.64 Å². The lowest BCUT2D eigenvalue weighted by atomic mass is 9.88. The Labute approximate surface area is 229 Å². The lowest BCUT2D eigenvalue weighted by Crippen LogP contribution is -2.36. The standard InChI is InChI=1S/C30H33N3O5S/c1-22-14-25(18-31-16-22)21-39(36,37)28-11-8-23(9-12-28)20-33(30(35)26-6-4-3-5-7-26)27-15-24(17-32-19-27)10-13-29(34)38-2/h8-19,26H,3-7,20-21H2,1-2H3/b13-10+. The minimum absolute atomic E-state index is 0.0224. The van der Waals surface area contributed by atoms with Gasteiger partial charge in [-0.1, -0.05) is 37.5 Å². The van der Waals surface area contributed by atoms with Crippen molar-refractivity contribution in [2.24, 2.45) is 5.92 Å². The van der Waals surface area contributed by atoms with E-state index in [0.717, 1.165) is 43.2 Å². The highest BCUT2D eigenvalue weighted by Gasteiger charge is 2.27. The summed E-state index contributed by atoms with van der Waals surface area (Å²) in [7, 11) is -2.25. The van der Waals surface area contributed by atoms with E-state index in [1.807, 2.05) is 19.1 Å². The second-order valence-corrected chi connectivity index (χ2v) is 11.9. The third kappa shape index (κ3) is 7.60. The molecule has 1 aliphatic rings. The van der Waals surface area contributed by atoms with Gasteiger partial charge >= 0.3 is 5.97 Å². The van der Waals surface area contributed by atoms with Crippen LogP contribution in [0.15, 0.2) is 72.2 Å². The molecule has 9 heteroatoms. The Bertz CT molecular complexity index is 1450. The molecule has 0 saturated heterocycles. The fourth-order valence-electron chi connectivity index (χ4n) is 4.77. The van der Waals surface area contributed by atoms with E-state index < -0.39 is 15.8 Å². The molecular formula is C30H33N3O5S. The normalized spacial score (nSPS) is 14.3. The number of hydrogen-bond acceptors (Lipinski definition) is 7. The van der Waals surface area contributed by atoms with Crippen LogP contribution in [0, 0.1) is 12.8 Å². The summed E-state index contributed by atoms with van der Waals surface area (Å²) in [5.74, 6) is -0.667. The highest BCUT2D eigenvalue weighted by molar-refractivity contribution is 7.90. The molecular weight excluding hydrogens is 514 g/mol. The second kappa shape index (κ2) is 12.8. The third-order valence-corrected chi connectivity index (χ3v) is 8.51. The second-order valence-electron chi connectivity index (χ2n) is 9.87. The van der Waals surface area contributed by atoms with Gasteiger partial charge in [0.1, 0.15) is 0 Å². The highest BCUT2D eigenvalue weighted by atomic mass is 32.2. The van der Waals surface area contributed by atoms with Gasteiger partial charge in [-0.15, -0.1) is 0 Å². The van der Waals surface area contributed by atoms with Crippen molar-refractivity contribution in [1.29, 1.82) is 0 Å². The first-order valence-corrected chi connectivity index (χ1v) is 14.6. The Hall–Kier alpha value is -3.85. The number of ether oxygens (including phenoxy) is 1. The maximum atomic E-state index is 13.7. The zero-order valence-corrected chi connectivity index (χ0v) is 23.1. The first-order chi connectivity index (χ1) is 18.7. The van der Waals surface area contributed by atoms with E-state index in [0.29, 0.717) is 16.8 Å². The summed E-state index contributed by atoms with van der Waals surface area (Å²) in [5.41, 5.74) is 3.61. The molecule has 8 nitrogen and oxygen atoms in total. The Morgan fingerprint density at radius 1 is 0.974 bits per heavy atom. The van der Waals surface area contributed by atoms with Gasteiger partial charge in [-0.25, -0.2) is 13.2 Å². The number of esters is 1. The molecule has 1 fully saturated rings. The van der Waals surface area contributed by atoms with E-state index in [9.17, 15) is 18.0 Å². The van der Waals surface area contributed by atoms with Crippen LogP contribution in [0.4, 0.5) is 5.69 Å². The van der Waals surface area contributed by atoms with Crippen LogP contribution in [0.25, 0.3) is 6.08 Å². The molecule has 0 atom stereocenters. The van der Waals surface area contributed by atoms with Crippen molar-refractivity contribution in [2.45, 2.75) is 56.2 Å². The van der Waals surface area contributed by atoms with Gasteiger partial charge in [0.05, 0.1) is 36.2 Å². The van der Waals surface area contributed by atoms with Gasteiger partial charge in [0.2, 0.25) is 5.91 Å². The minimum atomic E-state index is -3.56. The number of carbonyl (C=O) groups is 2. The number of amides is 1. The average Bonchev–Trinajstić information content (AvgIpc) is 2.95. The zero-order valence-electron chi connectivity index (χ0n) is 22.2. The minimum Gasteiger partial charge on any atom is -0.466 e. The summed E-state index contributed by atoms with van der Waals surface area (Å²) in [4.78, 5) is 35.5. The number of aryl methyl sites for hydroxylation is 1. The number of rotatable bonds is 9. The molecule has 0 radical (unpaired) electrons. The van der Waals surface area contributed by atoms with Crippen LogP contribution in [0.2, 0.25) is 0 Å². The summed E-state index contributed by atoms with van der Waals surface area (Å²) in [6.07, 6.45) is 14.2. The summed E-state index contributed by atoms with van der Waals surface area (Å²) in [6.45, 7) is 2.14. The van der Waals surface area contributed by atoms with Crippen molar-refractivity contribution in [3.8, 4) is 0 Å². The smallest absolute Gasteiger partial charge is 0.330 e. The first kappa shape index (κ1) is 28.2. The van der Waals surface area contributed by atoms with Crippen LogP contribution < -0.4 is 4.90 Å². The molecule has 39 heavy (non-hydrogen) atoms. The molecule has 0 N–H and O–H groups in total. The van der Waals surface area contributed by atoms with Gasteiger partial charge in [0.15, 0.2) is 9.84 Å². The van der Waals surface area contributed by atoms with E-state index in [1.54, 1.807) is 60.0 Å². The van der Waals surface area contributed by atoms with E-state index in [1.165, 1.54) is 13.2 Å². The highest BCUT2D eigenvalue weighted by Crippen LogP contribution is 2.29. The first-order valence-electron chi connectivity index (χ1n) is 13.0. The molecule has 4 rings (SSSR count). The summed E-state index contributed by atoms with van der Waals surface area (Å²) in [6, 6.07) is 10.3. The monoisotopic (exact) mass is 547 g/mol. The van der Waals surface area contributed by atoms with E-state index in [4.69, 9.17) is 0 Å². The number of anilines is 1. The Kier molecular flexibility index (Phi) is 9.24. The van der Waals surface area contributed by atoms with E-state index >= 15 is 0 Å². The fraction of sp³-hybridized carbons (Fsp3) is 0.333. The molecule has 204 valence electrons. The molecule has 0 spiro atoms. The number of benzene rings is 1. The third-order valence-electron chi connectivity index (χ3n) is 6.80. The SMILES string of the molecule is COC(=O)/C=C/c1cncc(N(Cc2ccc(S(=O)(=O)Cc3cncc(C)c3)cc2)C(=O)C2CCCCC2)c1. The van der Waals surface area contributed by atoms with E-state index in [-0.39, 0.29) is 29.0 Å². The summed E-state index contributed by atoms with van der Waals surface area (Å²) >= 11 is 0. The topological polar surface area (TPSA) is 107 Å². The number of carbonyl (C=O) groups excluding carboxylic acids is 2. The summed E-state index contributed by atoms with van der Waals surface area (Å²) in [5, 5.41) is 0. The number of sulfone groups is 1. The van der Waals surface area contributed by atoms with Crippen molar-refractivity contribution in [2.75, 3.05) is 12.0 Å². The number of methoxy groups -OCH3 is 1. The molecule has 2 aromatic heterocycles. The van der Waals surface area contributed by atoms with E-state index in [2.05, 4.69) is 14.7 Å². The number of pyridine rings is 2. The van der Waals surface area contributed by atoms with Crippen LogP contribution >= 0.6 is 0 Å². The molecule has 1 amide bonds. The van der Waals surface area contributed by atoms with Crippen molar-refractivity contribution in [1.82, 2.24) is 9.97 Å². The number of hydrogen-bond donors (Lipinski definition) is 0. The predicted molar refractivity (Wildman–Crippen MR) is 149 cm³/mol. The van der Waals surface area contributed by atoms with Crippen molar-refractivity contribution in [3.05, 3.63) is 89.5 Å². The summed E-state index contributed by atoms with van der Waals surface area (Å²) < 4.78 is 30.7. The van der Waals surface area contributed by atoms with Gasteiger partial charge in [0, 0.05) is 30.6 Å². The Morgan fingerprint density at radius 2 is 1.69 bits per heavy atom. The van der Waals surface area contributed by atoms with Crippen LogP contribution in [0.5, 0.6) is 0 Å². The Morgan fingerprint density at radius 3 is 2.38 bits per heavy atom. The fourth-order valence-corrected chi connectivity index (χ4v) is 6.08. The molecule has 1 aliphatic carbocycles. The molecule has 1 aromatic carbocycles. The molecule has 3 aromatic rings. The molecule has 0 bridgehead atoms. The maximum absolute atomic E-state index is 13.7. The Balaban J connectivity index is 1.58. The molecule has 0 unspecified atom stereocenters. The van der Waals surface area contributed by atoms with Gasteiger partial charge in [-0.05, 0) is 66.3 Å². The lowest BCUT2D eigenvalue weighted by Gasteiger charge is -2.29. The molecule has 1 saturated carbocycles. The lowest BCUT2D eigenvalue weighted by molar-refractivity contribution is -0.134. The molecule has 2 heterocycles. The van der Waals surface area contributed by atoms with Crippen molar-refractivity contribution in [3.63, 3.8) is 0 Å². The van der Waals surface area contributed by atoms with Gasteiger partial charge in [-0.3, -0.25) is 14.8 Å². The molecule has 0 aliphatic heterocycles. The predicted octanol–water partition coefficient (Wildman–Crippen LogP) is 5.06. The average molecular weight is 548 g/mol. The van der Waals surface area contributed by atoms with Gasteiger partial charge in [-0.2, -0.15) is 0 Å².